The molecule has 0 saturated carbocycles. The van der Waals surface area contributed by atoms with Crippen molar-refractivity contribution >= 4 is 6.09 Å². The summed E-state index contributed by atoms with van der Waals surface area (Å²) in [5, 5.41) is 2.80. The fraction of sp³-hybridized carbons (Fsp3) is 0.923. The molecule has 0 spiro atoms. The monoisotopic (exact) mass is 242 g/mol. The smallest absolute Gasteiger partial charge is 0.407 e. The number of likely N-dealkylation sites (tertiary alicyclic amines) is 1. The highest BCUT2D eigenvalue weighted by Crippen LogP contribution is 2.18. The van der Waals surface area contributed by atoms with Crippen LogP contribution in [0.25, 0.3) is 0 Å². The Morgan fingerprint density at radius 1 is 1.47 bits per heavy atom. The van der Waals surface area contributed by atoms with E-state index in [1.54, 1.807) is 0 Å². The molecule has 0 aromatic heterocycles. The van der Waals surface area contributed by atoms with E-state index in [1.165, 1.54) is 19.4 Å². The standard InChI is InChI=1S/C13H26N2O2/c1-5-11-6-8-15(10-11)9-7-14-12(16)17-13(2,3)4/h11H,5-10H2,1-4H3,(H,14,16). The lowest BCUT2D eigenvalue weighted by atomic mass is 10.1. The number of carbonyl (C=O) groups is 1. The van der Waals surface area contributed by atoms with Crippen LogP contribution in [0.1, 0.15) is 40.5 Å². The number of amides is 1. The number of nitrogens with zero attached hydrogens (tertiary/aromatic N) is 1. The van der Waals surface area contributed by atoms with Crippen molar-refractivity contribution in [1.82, 2.24) is 10.2 Å². The van der Waals surface area contributed by atoms with Crippen molar-refractivity contribution in [3.63, 3.8) is 0 Å². The average molecular weight is 242 g/mol. The lowest BCUT2D eigenvalue weighted by Crippen LogP contribution is -2.37. The molecule has 4 nitrogen and oxygen atoms in total. The van der Waals surface area contributed by atoms with E-state index in [0.29, 0.717) is 6.54 Å². The van der Waals surface area contributed by atoms with Crippen LogP contribution in [0.2, 0.25) is 0 Å². The zero-order valence-electron chi connectivity index (χ0n) is 11.6. The number of rotatable bonds is 4. The first-order valence-corrected chi connectivity index (χ1v) is 6.60. The summed E-state index contributed by atoms with van der Waals surface area (Å²) in [7, 11) is 0. The van der Waals surface area contributed by atoms with Crippen LogP contribution < -0.4 is 5.32 Å². The van der Waals surface area contributed by atoms with Gasteiger partial charge in [-0.15, -0.1) is 0 Å². The highest BCUT2D eigenvalue weighted by Gasteiger charge is 2.21. The van der Waals surface area contributed by atoms with E-state index in [9.17, 15) is 4.79 Å². The summed E-state index contributed by atoms with van der Waals surface area (Å²) >= 11 is 0. The average Bonchev–Trinajstić information content (AvgIpc) is 2.63. The molecule has 0 aromatic rings. The summed E-state index contributed by atoms with van der Waals surface area (Å²) < 4.78 is 5.18. The van der Waals surface area contributed by atoms with Gasteiger partial charge in [-0.1, -0.05) is 13.3 Å². The van der Waals surface area contributed by atoms with Crippen LogP contribution in [-0.4, -0.2) is 42.8 Å². The molecule has 1 heterocycles. The second kappa shape index (κ2) is 6.24. The van der Waals surface area contributed by atoms with E-state index < -0.39 is 5.60 Å². The third-order valence-corrected chi connectivity index (χ3v) is 3.04. The van der Waals surface area contributed by atoms with Crippen molar-refractivity contribution in [3.05, 3.63) is 0 Å². The van der Waals surface area contributed by atoms with Gasteiger partial charge in [-0.2, -0.15) is 0 Å². The van der Waals surface area contributed by atoms with Crippen molar-refractivity contribution in [2.45, 2.75) is 46.1 Å². The zero-order valence-corrected chi connectivity index (χ0v) is 11.6. The van der Waals surface area contributed by atoms with Gasteiger partial charge in [-0.05, 0) is 39.7 Å². The number of nitrogens with one attached hydrogen (secondary N) is 1. The molecule has 0 aliphatic carbocycles. The van der Waals surface area contributed by atoms with Gasteiger partial charge >= 0.3 is 6.09 Å². The topological polar surface area (TPSA) is 41.6 Å². The summed E-state index contributed by atoms with van der Waals surface area (Å²) in [6, 6.07) is 0. The molecule has 1 N–H and O–H groups in total. The molecule has 1 amide bonds. The van der Waals surface area contributed by atoms with Crippen LogP contribution in [0.3, 0.4) is 0 Å². The van der Waals surface area contributed by atoms with E-state index >= 15 is 0 Å². The summed E-state index contributed by atoms with van der Waals surface area (Å²) in [5.41, 5.74) is -0.412. The van der Waals surface area contributed by atoms with Gasteiger partial charge < -0.3 is 15.0 Å². The van der Waals surface area contributed by atoms with Gasteiger partial charge in [-0.25, -0.2) is 4.79 Å². The second-order valence-electron chi connectivity index (χ2n) is 5.79. The number of hydrogen-bond donors (Lipinski definition) is 1. The quantitative estimate of drug-likeness (QED) is 0.822. The van der Waals surface area contributed by atoms with Gasteiger partial charge in [0.15, 0.2) is 0 Å². The van der Waals surface area contributed by atoms with E-state index in [-0.39, 0.29) is 6.09 Å². The van der Waals surface area contributed by atoms with E-state index in [2.05, 4.69) is 17.1 Å². The van der Waals surface area contributed by atoms with Crippen molar-refractivity contribution < 1.29 is 9.53 Å². The molecule has 1 saturated heterocycles. The maximum Gasteiger partial charge on any atom is 0.407 e. The van der Waals surface area contributed by atoms with Crippen LogP contribution in [0, 0.1) is 5.92 Å². The lowest BCUT2D eigenvalue weighted by Gasteiger charge is -2.21. The van der Waals surface area contributed by atoms with Crippen molar-refractivity contribution in [1.29, 1.82) is 0 Å². The predicted octanol–water partition coefficient (Wildman–Crippen LogP) is 2.24. The molecule has 1 atom stereocenters. The van der Waals surface area contributed by atoms with E-state index in [4.69, 9.17) is 4.74 Å². The number of hydrogen-bond acceptors (Lipinski definition) is 3. The second-order valence-corrected chi connectivity index (χ2v) is 5.79. The predicted molar refractivity (Wildman–Crippen MR) is 69.1 cm³/mol. The number of ether oxygens (including phenoxy) is 1. The van der Waals surface area contributed by atoms with Crippen molar-refractivity contribution in [2.75, 3.05) is 26.2 Å². The third kappa shape index (κ3) is 5.91. The number of alkyl carbamates (subject to hydrolysis) is 1. The molecule has 0 bridgehead atoms. The van der Waals surface area contributed by atoms with Gasteiger partial charge in [0.05, 0.1) is 0 Å². The molecule has 1 aliphatic heterocycles. The summed E-state index contributed by atoms with van der Waals surface area (Å²) in [6.07, 6.45) is 2.24. The minimum absolute atomic E-state index is 0.316. The minimum Gasteiger partial charge on any atom is -0.444 e. The molecule has 1 unspecified atom stereocenters. The van der Waals surface area contributed by atoms with Crippen LogP contribution in [0.4, 0.5) is 4.79 Å². The highest BCUT2D eigenvalue weighted by molar-refractivity contribution is 5.67. The highest BCUT2D eigenvalue weighted by atomic mass is 16.6. The van der Waals surface area contributed by atoms with Gasteiger partial charge in [0.1, 0.15) is 5.60 Å². The van der Waals surface area contributed by atoms with Gasteiger partial charge in [0, 0.05) is 19.6 Å². The Labute approximate surface area is 105 Å². The molecular weight excluding hydrogens is 216 g/mol. The first-order chi connectivity index (χ1) is 7.90. The van der Waals surface area contributed by atoms with Crippen LogP contribution in [-0.2, 0) is 4.74 Å². The Balaban J connectivity index is 2.10. The molecule has 0 radical (unpaired) electrons. The SMILES string of the molecule is CCC1CCN(CCNC(=O)OC(C)(C)C)C1. The molecule has 17 heavy (non-hydrogen) atoms. The van der Waals surface area contributed by atoms with Gasteiger partial charge in [0.25, 0.3) is 0 Å². The van der Waals surface area contributed by atoms with E-state index in [0.717, 1.165) is 19.0 Å². The van der Waals surface area contributed by atoms with Crippen molar-refractivity contribution in [3.8, 4) is 0 Å². The van der Waals surface area contributed by atoms with Gasteiger partial charge in [-0.3, -0.25) is 0 Å². The minimum atomic E-state index is -0.412. The molecule has 100 valence electrons. The van der Waals surface area contributed by atoms with Crippen LogP contribution >= 0.6 is 0 Å². The van der Waals surface area contributed by atoms with Crippen molar-refractivity contribution in [2.24, 2.45) is 5.92 Å². The molecule has 0 aromatic carbocycles. The molecule has 4 heteroatoms. The molecule has 1 fully saturated rings. The number of carbonyl (C=O) groups excluding carboxylic acids is 1. The summed E-state index contributed by atoms with van der Waals surface area (Å²) in [6.45, 7) is 11.8. The Morgan fingerprint density at radius 3 is 2.71 bits per heavy atom. The Hall–Kier alpha value is -0.770. The van der Waals surface area contributed by atoms with E-state index in [1.807, 2.05) is 20.8 Å². The van der Waals surface area contributed by atoms with Crippen LogP contribution in [0.15, 0.2) is 0 Å². The fourth-order valence-electron chi connectivity index (χ4n) is 2.08. The fourth-order valence-corrected chi connectivity index (χ4v) is 2.08. The molecule has 1 aliphatic rings. The maximum absolute atomic E-state index is 11.4. The molecular formula is C13H26N2O2. The summed E-state index contributed by atoms with van der Waals surface area (Å²) in [4.78, 5) is 13.8. The zero-order chi connectivity index (χ0) is 12.9. The Bertz CT molecular complexity index is 248. The lowest BCUT2D eigenvalue weighted by molar-refractivity contribution is 0.0523. The Kier molecular flexibility index (Phi) is 5.25. The first-order valence-electron chi connectivity index (χ1n) is 6.60. The largest absolute Gasteiger partial charge is 0.444 e. The third-order valence-electron chi connectivity index (χ3n) is 3.04. The summed E-state index contributed by atoms with van der Waals surface area (Å²) in [5.74, 6) is 0.844. The first kappa shape index (κ1) is 14.3. The Morgan fingerprint density at radius 2 is 2.18 bits per heavy atom. The maximum atomic E-state index is 11.4. The normalized spacial score (nSPS) is 21.5. The van der Waals surface area contributed by atoms with Crippen LogP contribution in [0.5, 0.6) is 0 Å². The van der Waals surface area contributed by atoms with Gasteiger partial charge in [0.2, 0.25) is 0 Å². The molecule has 1 rings (SSSR count).